The second-order valence-corrected chi connectivity index (χ2v) is 7.23. The number of hydrogen-bond donors (Lipinski definition) is 1. The lowest BCUT2D eigenvalue weighted by Gasteiger charge is -2.23. The van der Waals surface area contributed by atoms with Gasteiger partial charge in [-0.15, -0.1) is 23.2 Å². The first-order valence-corrected chi connectivity index (χ1v) is 7.40. The average molecular weight is 330 g/mol. The fraction of sp³-hybridized carbons (Fsp3) is 0.467. The van der Waals surface area contributed by atoms with Crippen molar-refractivity contribution in [3.8, 4) is 0 Å². The van der Waals surface area contributed by atoms with Gasteiger partial charge in [0.25, 0.3) is 0 Å². The van der Waals surface area contributed by atoms with Gasteiger partial charge < -0.3 is 10.0 Å². The minimum Gasteiger partial charge on any atom is -0.480 e. The molecule has 1 aromatic rings. The van der Waals surface area contributed by atoms with Crippen LogP contribution in [0.2, 0.25) is 0 Å². The highest BCUT2D eigenvalue weighted by molar-refractivity contribution is 6.51. The molecule has 6 heteroatoms. The summed E-state index contributed by atoms with van der Waals surface area (Å²) < 4.78 is -0.885. The molecule has 1 aliphatic carbocycles. The van der Waals surface area contributed by atoms with Crippen molar-refractivity contribution in [1.82, 2.24) is 4.90 Å². The zero-order valence-electron chi connectivity index (χ0n) is 11.7. The van der Waals surface area contributed by atoms with E-state index >= 15 is 0 Å². The molecule has 1 N–H and O–H groups in total. The molecule has 1 saturated carbocycles. The van der Waals surface area contributed by atoms with Gasteiger partial charge in [0.1, 0.15) is 10.9 Å². The van der Waals surface area contributed by atoms with E-state index in [-0.39, 0.29) is 25.4 Å². The lowest BCUT2D eigenvalue weighted by Crippen LogP contribution is -2.36. The van der Waals surface area contributed by atoms with E-state index in [1.54, 1.807) is 0 Å². The number of carboxylic acids is 1. The monoisotopic (exact) mass is 329 g/mol. The van der Waals surface area contributed by atoms with Crippen LogP contribution in [0.5, 0.6) is 0 Å². The van der Waals surface area contributed by atoms with Crippen LogP contribution in [-0.4, -0.2) is 32.8 Å². The molecule has 0 heterocycles. The first-order chi connectivity index (χ1) is 9.73. The SMILES string of the molecule is CC1(CC(=O)N(CC(=O)O)Cc2ccccc2)CC1(Cl)Cl. The molecule has 0 aliphatic heterocycles. The van der Waals surface area contributed by atoms with Gasteiger partial charge in [0.05, 0.1) is 0 Å². The Kier molecular flexibility index (Phi) is 4.49. The van der Waals surface area contributed by atoms with Gasteiger partial charge in [-0.25, -0.2) is 0 Å². The summed E-state index contributed by atoms with van der Waals surface area (Å²) in [5.74, 6) is -1.28. The van der Waals surface area contributed by atoms with Crippen LogP contribution in [0.15, 0.2) is 30.3 Å². The third kappa shape index (κ3) is 3.89. The summed E-state index contributed by atoms with van der Waals surface area (Å²) in [6.45, 7) is 1.77. The molecule has 1 amide bonds. The molecular weight excluding hydrogens is 313 g/mol. The number of hydrogen-bond acceptors (Lipinski definition) is 2. The Hall–Kier alpha value is -1.26. The van der Waals surface area contributed by atoms with Gasteiger partial charge in [-0.3, -0.25) is 9.59 Å². The molecule has 1 aromatic carbocycles. The number of benzene rings is 1. The van der Waals surface area contributed by atoms with Crippen molar-refractivity contribution in [2.24, 2.45) is 5.41 Å². The fourth-order valence-corrected chi connectivity index (χ4v) is 3.01. The van der Waals surface area contributed by atoms with Crippen molar-refractivity contribution in [1.29, 1.82) is 0 Å². The number of nitrogens with zero attached hydrogens (tertiary/aromatic N) is 1. The van der Waals surface area contributed by atoms with Crippen LogP contribution in [0.3, 0.4) is 0 Å². The van der Waals surface area contributed by atoms with Gasteiger partial charge >= 0.3 is 5.97 Å². The van der Waals surface area contributed by atoms with Crippen molar-refractivity contribution in [2.75, 3.05) is 6.54 Å². The summed E-state index contributed by atoms with van der Waals surface area (Å²) >= 11 is 12.1. The predicted molar refractivity (Wildman–Crippen MR) is 81.3 cm³/mol. The highest BCUT2D eigenvalue weighted by Gasteiger charge is 2.63. The van der Waals surface area contributed by atoms with Crippen LogP contribution >= 0.6 is 23.2 Å². The van der Waals surface area contributed by atoms with Crippen LogP contribution in [0, 0.1) is 5.41 Å². The molecular formula is C15H17Cl2NO3. The van der Waals surface area contributed by atoms with Crippen molar-refractivity contribution < 1.29 is 14.7 Å². The first kappa shape index (κ1) is 16.1. The smallest absolute Gasteiger partial charge is 0.323 e. The molecule has 1 fully saturated rings. The molecule has 0 bridgehead atoms. The number of halogens is 2. The van der Waals surface area contributed by atoms with Crippen molar-refractivity contribution in [3.05, 3.63) is 35.9 Å². The zero-order valence-corrected chi connectivity index (χ0v) is 13.2. The summed E-state index contributed by atoms with van der Waals surface area (Å²) in [7, 11) is 0. The topological polar surface area (TPSA) is 57.6 Å². The molecule has 0 saturated heterocycles. The van der Waals surface area contributed by atoms with Gasteiger partial charge in [0, 0.05) is 18.4 Å². The van der Waals surface area contributed by atoms with Crippen molar-refractivity contribution in [2.45, 2.75) is 30.6 Å². The molecule has 0 aromatic heterocycles. The Morgan fingerprint density at radius 2 is 1.86 bits per heavy atom. The van der Waals surface area contributed by atoms with E-state index in [2.05, 4.69) is 0 Å². The Morgan fingerprint density at radius 1 is 1.29 bits per heavy atom. The van der Waals surface area contributed by atoms with Crippen molar-refractivity contribution >= 4 is 35.1 Å². The lowest BCUT2D eigenvalue weighted by atomic mass is 10.0. The summed E-state index contributed by atoms with van der Waals surface area (Å²) in [4.78, 5) is 24.7. The Morgan fingerprint density at radius 3 is 2.33 bits per heavy atom. The minimum absolute atomic E-state index is 0.153. The molecule has 1 atom stereocenters. The van der Waals surface area contributed by atoms with E-state index in [9.17, 15) is 9.59 Å². The highest BCUT2D eigenvalue weighted by Crippen LogP contribution is 2.65. The van der Waals surface area contributed by atoms with Gasteiger partial charge in [0.15, 0.2) is 0 Å². The fourth-order valence-electron chi connectivity index (χ4n) is 2.28. The quantitative estimate of drug-likeness (QED) is 0.816. The molecule has 0 spiro atoms. The van der Waals surface area contributed by atoms with Gasteiger partial charge in [-0.1, -0.05) is 37.3 Å². The van der Waals surface area contributed by atoms with Gasteiger partial charge in [0.2, 0.25) is 5.91 Å². The van der Waals surface area contributed by atoms with E-state index in [4.69, 9.17) is 28.3 Å². The third-order valence-corrected chi connectivity index (χ3v) is 4.99. The zero-order chi connectivity index (χ0) is 15.7. The number of carbonyl (C=O) groups is 2. The standard InChI is InChI=1S/C15H17Cl2NO3/c1-14(10-15(14,16)17)7-12(19)18(9-13(20)21)8-11-5-3-2-4-6-11/h2-6H,7-10H2,1H3,(H,20,21). The number of carbonyl (C=O) groups excluding carboxylic acids is 1. The number of carboxylic acid groups (broad SMARTS) is 1. The Balaban J connectivity index is 2.05. The normalized spacial score (nSPS) is 22.6. The average Bonchev–Trinajstić information content (AvgIpc) is 2.87. The van der Waals surface area contributed by atoms with Crippen LogP contribution < -0.4 is 0 Å². The summed E-state index contributed by atoms with van der Waals surface area (Å²) in [5, 5.41) is 8.98. The molecule has 4 nitrogen and oxygen atoms in total. The van der Waals surface area contributed by atoms with Crippen LogP contribution in [0.25, 0.3) is 0 Å². The minimum atomic E-state index is -1.04. The maximum atomic E-state index is 12.4. The summed E-state index contributed by atoms with van der Waals surface area (Å²) in [6.07, 6.45) is 0.696. The highest BCUT2D eigenvalue weighted by atomic mass is 35.5. The van der Waals surface area contributed by atoms with E-state index in [0.717, 1.165) is 5.56 Å². The van der Waals surface area contributed by atoms with Crippen molar-refractivity contribution in [3.63, 3.8) is 0 Å². The molecule has 21 heavy (non-hydrogen) atoms. The number of aliphatic carboxylic acids is 1. The third-order valence-electron chi connectivity index (χ3n) is 3.81. The summed E-state index contributed by atoms with van der Waals surface area (Å²) in [6, 6.07) is 9.28. The second-order valence-electron chi connectivity index (χ2n) is 5.75. The molecule has 114 valence electrons. The lowest BCUT2D eigenvalue weighted by molar-refractivity contribution is -0.145. The Labute approximate surface area is 133 Å². The van der Waals surface area contributed by atoms with Gasteiger partial charge in [-0.05, 0) is 12.0 Å². The van der Waals surface area contributed by atoms with E-state index < -0.39 is 15.7 Å². The van der Waals surface area contributed by atoms with E-state index in [1.165, 1.54) is 4.90 Å². The Bertz CT molecular complexity index is 547. The van der Waals surface area contributed by atoms with E-state index in [0.29, 0.717) is 6.42 Å². The molecule has 2 rings (SSSR count). The molecule has 0 radical (unpaired) electrons. The van der Waals surface area contributed by atoms with Crippen LogP contribution in [0.1, 0.15) is 25.3 Å². The number of rotatable bonds is 6. The molecule has 1 aliphatic rings. The summed E-state index contributed by atoms with van der Waals surface area (Å²) in [5.41, 5.74) is 0.414. The van der Waals surface area contributed by atoms with Crippen LogP contribution in [-0.2, 0) is 16.1 Å². The maximum Gasteiger partial charge on any atom is 0.323 e. The predicted octanol–water partition coefficient (Wildman–Crippen LogP) is 3.07. The van der Waals surface area contributed by atoms with Crippen LogP contribution in [0.4, 0.5) is 0 Å². The number of alkyl halides is 2. The first-order valence-electron chi connectivity index (χ1n) is 6.65. The second kappa shape index (κ2) is 5.85. The van der Waals surface area contributed by atoms with E-state index in [1.807, 2.05) is 37.3 Å². The largest absolute Gasteiger partial charge is 0.480 e. The maximum absolute atomic E-state index is 12.4. The number of amides is 1. The van der Waals surface area contributed by atoms with Gasteiger partial charge in [-0.2, -0.15) is 0 Å². The molecule has 1 unspecified atom stereocenters.